The Balaban J connectivity index is 1.54. The number of anilines is 1. The molecular weight excluding hydrogens is 374 g/mol. The second-order valence-electron chi connectivity index (χ2n) is 8.84. The molecule has 0 aromatic carbocycles. The van der Waals surface area contributed by atoms with Crippen molar-refractivity contribution < 1.29 is 0 Å². The maximum Gasteiger partial charge on any atom is 0.273 e. The lowest BCUT2D eigenvalue weighted by molar-refractivity contribution is 0.406. The molecule has 6 nitrogen and oxygen atoms in total. The molecule has 0 atom stereocenters. The molecule has 1 fully saturated rings. The Morgan fingerprint density at radius 1 is 1.13 bits per heavy atom. The molecule has 158 valence electrons. The fourth-order valence-corrected chi connectivity index (χ4v) is 4.37. The molecule has 3 aromatic rings. The summed E-state index contributed by atoms with van der Waals surface area (Å²) in [6, 6.07) is 8.46. The van der Waals surface area contributed by atoms with Crippen molar-refractivity contribution in [2.75, 3.05) is 5.32 Å². The van der Waals surface area contributed by atoms with E-state index >= 15 is 0 Å². The third kappa shape index (κ3) is 4.64. The van der Waals surface area contributed by atoms with Gasteiger partial charge in [0.15, 0.2) is 0 Å². The number of nitrogens with one attached hydrogen (secondary N) is 1. The lowest BCUT2D eigenvalue weighted by Gasteiger charge is -2.29. The Morgan fingerprint density at radius 3 is 2.57 bits per heavy atom. The predicted molar refractivity (Wildman–Crippen MR) is 121 cm³/mol. The van der Waals surface area contributed by atoms with Crippen molar-refractivity contribution in [2.45, 2.75) is 58.0 Å². The number of rotatable bonds is 6. The van der Waals surface area contributed by atoms with E-state index in [0.717, 1.165) is 36.8 Å². The van der Waals surface area contributed by atoms with E-state index in [0.29, 0.717) is 30.1 Å². The van der Waals surface area contributed by atoms with Crippen LogP contribution in [0.2, 0.25) is 0 Å². The molecule has 3 heterocycles. The van der Waals surface area contributed by atoms with Gasteiger partial charge >= 0.3 is 0 Å². The molecule has 0 spiro atoms. The van der Waals surface area contributed by atoms with Crippen LogP contribution in [0.1, 0.15) is 51.1 Å². The molecule has 0 radical (unpaired) electrons. The number of nitrogens with zero attached hydrogens (tertiary/aromatic N) is 4. The van der Waals surface area contributed by atoms with Crippen molar-refractivity contribution in [1.82, 2.24) is 19.3 Å². The maximum absolute atomic E-state index is 13.1. The van der Waals surface area contributed by atoms with Crippen molar-refractivity contribution in [1.29, 1.82) is 0 Å². The lowest BCUT2D eigenvalue weighted by atomic mass is 9.84. The maximum atomic E-state index is 13.1. The van der Waals surface area contributed by atoms with Crippen LogP contribution in [-0.4, -0.2) is 25.4 Å². The van der Waals surface area contributed by atoms with Gasteiger partial charge in [-0.15, -0.1) is 0 Å². The Morgan fingerprint density at radius 2 is 1.93 bits per heavy atom. The first kappa shape index (κ1) is 20.4. The van der Waals surface area contributed by atoms with E-state index in [1.165, 1.54) is 5.69 Å². The zero-order valence-corrected chi connectivity index (χ0v) is 18.1. The van der Waals surface area contributed by atoms with Gasteiger partial charge in [-0.25, -0.2) is 0 Å². The summed E-state index contributed by atoms with van der Waals surface area (Å²) in [4.78, 5) is 17.7. The first-order valence-electron chi connectivity index (χ1n) is 10.9. The number of aromatic nitrogens is 4. The minimum atomic E-state index is 0.0585. The summed E-state index contributed by atoms with van der Waals surface area (Å²) in [5.74, 6) is 0.914. The highest BCUT2D eigenvalue weighted by molar-refractivity contribution is 5.65. The van der Waals surface area contributed by atoms with Crippen molar-refractivity contribution in [3.63, 3.8) is 0 Å². The monoisotopic (exact) mass is 405 g/mol. The smallest absolute Gasteiger partial charge is 0.273 e. The average molecular weight is 406 g/mol. The van der Waals surface area contributed by atoms with Gasteiger partial charge in [-0.2, -0.15) is 5.10 Å². The van der Waals surface area contributed by atoms with Crippen LogP contribution in [0.15, 0.2) is 53.8 Å². The summed E-state index contributed by atoms with van der Waals surface area (Å²) in [6.07, 6.45) is 11.9. The molecule has 1 N–H and O–H groups in total. The molecule has 4 rings (SSSR count). The Bertz CT molecular complexity index is 1030. The Labute approximate surface area is 178 Å². The predicted octanol–water partition coefficient (Wildman–Crippen LogP) is 4.44. The number of pyridine rings is 2. The van der Waals surface area contributed by atoms with E-state index in [-0.39, 0.29) is 5.56 Å². The van der Waals surface area contributed by atoms with E-state index in [4.69, 9.17) is 0 Å². The van der Waals surface area contributed by atoms with Crippen LogP contribution in [0.5, 0.6) is 0 Å². The highest BCUT2D eigenvalue weighted by Crippen LogP contribution is 2.33. The van der Waals surface area contributed by atoms with Gasteiger partial charge in [-0.1, -0.05) is 19.9 Å². The normalized spacial score (nSPS) is 19.2. The van der Waals surface area contributed by atoms with Crippen molar-refractivity contribution in [2.24, 2.45) is 13.0 Å². The van der Waals surface area contributed by atoms with Gasteiger partial charge in [0, 0.05) is 61.0 Å². The van der Waals surface area contributed by atoms with Crippen LogP contribution >= 0.6 is 0 Å². The van der Waals surface area contributed by atoms with Crippen LogP contribution < -0.4 is 10.9 Å². The van der Waals surface area contributed by atoms with Crippen LogP contribution in [0, 0.1) is 5.92 Å². The van der Waals surface area contributed by atoms with Gasteiger partial charge in [-0.3, -0.25) is 14.5 Å². The molecule has 0 saturated heterocycles. The number of hydrogen-bond donors (Lipinski definition) is 1. The first-order chi connectivity index (χ1) is 14.5. The molecular formula is C24H31N5O. The third-order valence-electron chi connectivity index (χ3n) is 5.88. The standard InChI is InChI=1S/C24H31N5O/c1-17(2)14-29-16-19(20-13-26-28(3)15-20)12-23(24(29)30)27-21-9-7-18(8-10-21)22-6-4-5-11-25-22/h4-6,11-13,15-18,21,27H,7-10,14H2,1-3H3. The topological polar surface area (TPSA) is 64.7 Å². The summed E-state index contributed by atoms with van der Waals surface area (Å²) in [7, 11) is 1.91. The van der Waals surface area contributed by atoms with E-state index in [1.807, 2.05) is 48.5 Å². The second-order valence-corrected chi connectivity index (χ2v) is 8.84. The second kappa shape index (κ2) is 8.86. The van der Waals surface area contributed by atoms with Gasteiger partial charge in [0.2, 0.25) is 0 Å². The molecule has 1 aliphatic rings. The van der Waals surface area contributed by atoms with E-state index in [2.05, 4.69) is 41.4 Å². The summed E-state index contributed by atoms with van der Waals surface area (Å²) < 4.78 is 3.63. The lowest BCUT2D eigenvalue weighted by Crippen LogP contribution is -2.31. The average Bonchev–Trinajstić information content (AvgIpc) is 3.18. The minimum Gasteiger partial charge on any atom is -0.378 e. The largest absolute Gasteiger partial charge is 0.378 e. The van der Waals surface area contributed by atoms with Crippen LogP contribution in [0.25, 0.3) is 11.1 Å². The van der Waals surface area contributed by atoms with Crippen molar-refractivity contribution >= 4 is 5.69 Å². The minimum absolute atomic E-state index is 0.0585. The fraction of sp³-hybridized carbons (Fsp3) is 0.458. The first-order valence-corrected chi connectivity index (χ1v) is 10.9. The van der Waals surface area contributed by atoms with Gasteiger partial charge in [-0.05, 0) is 49.8 Å². The molecule has 0 bridgehead atoms. The Hall–Kier alpha value is -2.89. The van der Waals surface area contributed by atoms with E-state index in [1.54, 1.807) is 4.68 Å². The zero-order valence-electron chi connectivity index (χ0n) is 18.1. The SMILES string of the molecule is CC(C)Cn1cc(-c2cnn(C)c2)cc(NC2CCC(c3ccccn3)CC2)c1=O. The van der Waals surface area contributed by atoms with Gasteiger partial charge in [0.1, 0.15) is 5.69 Å². The van der Waals surface area contributed by atoms with Gasteiger partial charge < -0.3 is 9.88 Å². The molecule has 30 heavy (non-hydrogen) atoms. The molecule has 0 aliphatic heterocycles. The summed E-state index contributed by atoms with van der Waals surface area (Å²) in [5, 5.41) is 7.86. The van der Waals surface area contributed by atoms with Crippen LogP contribution in [-0.2, 0) is 13.6 Å². The molecule has 6 heteroatoms. The fourth-order valence-electron chi connectivity index (χ4n) is 4.37. The highest BCUT2D eigenvalue weighted by Gasteiger charge is 2.24. The number of hydrogen-bond acceptors (Lipinski definition) is 4. The quantitative estimate of drug-likeness (QED) is 0.659. The van der Waals surface area contributed by atoms with E-state index < -0.39 is 0 Å². The Kier molecular flexibility index (Phi) is 6.02. The summed E-state index contributed by atoms with van der Waals surface area (Å²) in [6.45, 7) is 4.97. The van der Waals surface area contributed by atoms with Crippen LogP contribution in [0.4, 0.5) is 5.69 Å². The summed E-state index contributed by atoms with van der Waals surface area (Å²) >= 11 is 0. The molecule has 0 amide bonds. The van der Waals surface area contributed by atoms with Crippen molar-refractivity contribution in [3.05, 3.63) is 65.1 Å². The third-order valence-corrected chi connectivity index (χ3v) is 5.88. The highest BCUT2D eigenvalue weighted by atomic mass is 16.1. The van der Waals surface area contributed by atoms with Crippen molar-refractivity contribution in [3.8, 4) is 11.1 Å². The van der Waals surface area contributed by atoms with Gasteiger partial charge in [0.05, 0.1) is 6.20 Å². The zero-order chi connectivity index (χ0) is 21.1. The van der Waals surface area contributed by atoms with E-state index in [9.17, 15) is 4.79 Å². The molecule has 0 unspecified atom stereocenters. The molecule has 1 aliphatic carbocycles. The number of aryl methyl sites for hydroxylation is 1. The van der Waals surface area contributed by atoms with Gasteiger partial charge in [0.25, 0.3) is 5.56 Å². The summed E-state index contributed by atoms with van der Waals surface area (Å²) in [5.41, 5.74) is 3.99. The molecule has 1 saturated carbocycles. The molecule has 3 aromatic heterocycles. The van der Waals surface area contributed by atoms with Crippen LogP contribution in [0.3, 0.4) is 0 Å².